The molecule has 1 aromatic rings. The molecule has 7 heteroatoms. The van der Waals surface area contributed by atoms with E-state index in [1.54, 1.807) is 24.3 Å². The van der Waals surface area contributed by atoms with Gasteiger partial charge in [0.25, 0.3) is 0 Å². The summed E-state index contributed by atoms with van der Waals surface area (Å²) in [5.74, 6) is -1.32. The number of esters is 1. The summed E-state index contributed by atoms with van der Waals surface area (Å²) in [6, 6.07) is 6.01. The predicted molar refractivity (Wildman–Crippen MR) is 80.2 cm³/mol. The van der Waals surface area contributed by atoms with Crippen LogP contribution in [0.1, 0.15) is 25.8 Å². The van der Waals surface area contributed by atoms with Crippen LogP contribution in [0, 0.1) is 0 Å². The molecule has 3 rings (SSSR count). The van der Waals surface area contributed by atoms with Gasteiger partial charge in [0.1, 0.15) is 17.8 Å². The monoisotopic (exact) mass is 318 g/mol. The number of anilines is 1. The highest BCUT2D eigenvalue weighted by Gasteiger charge is 2.63. The summed E-state index contributed by atoms with van der Waals surface area (Å²) in [5, 5.41) is 11.2. The van der Waals surface area contributed by atoms with Crippen LogP contribution in [0.2, 0.25) is 0 Å². The Bertz CT molecular complexity index is 703. The van der Waals surface area contributed by atoms with Crippen molar-refractivity contribution in [1.29, 1.82) is 0 Å². The van der Waals surface area contributed by atoms with Crippen molar-refractivity contribution in [3.8, 4) is 0 Å². The van der Waals surface area contributed by atoms with Crippen LogP contribution in [0.4, 0.5) is 5.69 Å². The molecule has 2 amide bonds. The number of benzene rings is 1. The molecule has 0 spiro atoms. The van der Waals surface area contributed by atoms with E-state index in [1.165, 1.54) is 30.8 Å². The Morgan fingerprint density at radius 3 is 2.43 bits per heavy atom. The van der Waals surface area contributed by atoms with E-state index in [2.05, 4.69) is 0 Å². The molecule has 122 valence electrons. The Balaban J connectivity index is 2.19. The van der Waals surface area contributed by atoms with Crippen molar-refractivity contribution in [2.45, 2.75) is 38.1 Å². The number of likely N-dealkylation sites (tertiary alicyclic amines) is 1. The molecule has 7 nitrogen and oxygen atoms in total. The van der Waals surface area contributed by atoms with Crippen LogP contribution in [0.15, 0.2) is 24.3 Å². The number of amides is 2. The number of rotatable bonds is 1. The van der Waals surface area contributed by atoms with Crippen molar-refractivity contribution in [3.05, 3.63) is 29.8 Å². The first-order valence-electron chi connectivity index (χ1n) is 7.31. The number of methoxy groups -OCH3 is 1. The van der Waals surface area contributed by atoms with E-state index >= 15 is 0 Å². The molecule has 0 unspecified atom stereocenters. The van der Waals surface area contributed by atoms with Gasteiger partial charge in [-0.2, -0.15) is 0 Å². The second-order valence-corrected chi connectivity index (χ2v) is 5.87. The fourth-order valence-corrected chi connectivity index (χ4v) is 3.73. The summed E-state index contributed by atoms with van der Waals surface area (Å²) < 4.78 is 4.76. The molecular weight excluding hydrogens is 300 g/mol. The minimum atomic E-state index is -1.49. The van der Waals surface area contributed by atoms with Crippen molar-refractivity contribution in [3.63, 3.8) is 0 Å². The normalized spacial score (nSPS) is 28.3. The SMILES string of the molecule is COC(=O)[C@H]1C[C@]2(O)c3ccccc3N(C(C)=O)[C@@H]2N1C(C)=O. The van der Waals surface area contributed by atoms with Gasteiger partial charge in [0.15, 0.2) is 0 Å². The van der Waals surface area contributed by atoms with Crippen LogP contribution in [0.3, 0.4) is 0 Å². The largest absolute Gasteiger partial charge is 0.467 e. The number of ether oxygens (including phenoxy) is 1. The lowest BCUT2D eigenvalue weighted by Gasteiger charge is -2.34. The van der Waals surface area contributed by atoms with Gasteiger partial charge in [-0.1, -0.05) is 18.2 Å². The third-order valence-electron chi connectivity index (χ3n) is 4.58. The van der Waals surface area contributed by atoms with Crippen molar-refractivity contribution >= 4 is 23.5 Å². The first kappa shape index (κ1) is 15.5. The van der Waals surface area contributed by atoms with Crippen LogP contribution in [-0.4, -0.2) is 47.1 Å². The van der Waals surface area contributed by atoms with Crippen molar-refractivity contribution in [2.24, 2.45) is 0 Å². The van der Waals surface area contributed by atoms with Crippen molar-refractivity contribution in [1.82, 2.24) is 4.90 Å². The highest BCUT2D eigenvalue weighted by atomic mass is 16.5. The number of carbonyl (C=O) groups is 3. The first-order chi connectivity index (χ1) is 10.8. The number of hydrogen-bond donors (Lipinski definition) is 1. The quantitative estimate of drug-likeness (QED) is 0.756. The number of carbonyl (C=O) groups excluding carboxylic acids is 3. The van der Waals surface area contributed by atoms with E-state index in [0.29, 0.717) is 11.3 Å². The minimum absolute atomic E-state index is 0.00921. The molecule has 2 aliphatic rings. The number of fused-ring (bicyclic) bond motifs is 3. The van der Waals surface area contributed by atoms with Crippen LogP contribution >= 0.6 is 0 Å². The van der Waals surface area contributed by atoms with Crippen LogP contribution in [0.25, 0.3) is 0 Å². The topological polar surface area (TPSA) is 87.2 Å². The van der Waals surface area contributed by atoms with E-state index in [9.17, 15) is 19.5 Å². The molecule has 1 aromatic carbocycles. The molecule has 0 saturated carbocycles. The standard InChI is InChI=1S/C16H18N2O5/c1-9(19)17-12-7-5-4-6-11(12)16(22)8-13(14(21)23-3)18(10(2)20)15(16)17/h4-7,13,15,22H,8H2,1-3H3/t13-,15-,16+/m1/s1. The molecule has 0 aliphatic carbocycles. The lowest BCUT2D eigenvalue weighted by molar-refractivity contribution is -0.151. The predicted octanol–water partition coefficient (Wildman–Crippen LogP) is 0.361. The molecule has 1 N–H and O–H groups in total. The molecule has 23 heavy (non-hydrogen) atoms. The summed E-state index contributed by atoms with van der Waals surface area (Å²) in [6.45, 7) is 2.68. The lowest BCUT2D eigenvalue weighted by atomic mass is 9.91. The fraction of sp³-hybridized carbons (Fsp3) is 0.438. The Labute approximate surface area is 133 Å². The molecular formula is C16H18N2O5. The zero-order valence-electron chi connectivity index (χ0n) is 13.1. The lowest BCUT2D eigenvalue weighted by Crippen LogP contribution is -2.55. The average Bonchev–Trinajstić information content (AvgIpc) is 2.94. The van der Waals surface area contributed by atoms with Gasteiger partial charge in [0.2, 0.25) is 11.8 Å². The van der Waals surface area contributed by atoms with E-state index in [0.717, 1.165) is 0 Å². The molecule has 0 radical (unpaired) electrons. The molecule has 0 bridgehead atoms. The second-order valence-electron chi connectivity index (χ2n) is 5.87. The highest BCUT2D eigenvalue weighted by molar-refractivity contribution is 5.97. The summed E-state index contributed by atoms with van der Waals surface area (Å²) >= 11 is 0. The van der Waals surface area contributed by atoms with E-state index < -0.39 is 29.7 Å². The van der Waals surface area contributed by atoms with E-state index in [-0.39, 0.29) is 12.3 Å². The van der Waals surface area contributed by atoms with Gasteiger partial charge in [-0.25, -0.2) is 4.79 Å². The van der Waals surface area contributed by atoms with Crippen LogP contribution in [0.5, 0.6) is 0 Å². The molecule has 1 saturated heterocycles. The number of aliphatic hydroxyl groups is 1. The van der Waals surface area contributed by atoms with Gasteiger partial charge in [-0.3, -0.25) is 14.5 Å². The van der Waals surface area contributed by atoms with Gasteiger partial charge < -0.3 is 14.7 Å². The number of para-hydroxylation sites is 1. The van der Waals surface area contributed by atoms with Gasteiger partial charge in [-0.15, -0.1) is 0 Å². The highest BCUT2D eigenvalue weighted by Crippen LogP contribution is 2.52. The van der Waals surface area contributed by atoms with Crippen LogP contribution < -0.4 is 4.90 Å². The summed E-state index contributed by atoms with van der Waals surface area (Å²) in [6.07, 6.45) is -0.955. The Morgan fingerprint density at radius 2 is 1.87 bits per heavy atom. The number of hydrogen-bond acceptors (Lipinski definition) is 5. The maximum absolute atomic E-state index is 12.2. The molecule has 2 aliphatic heterocycles. The third kappa shape index (κ3) is 1.96. The maximum Gasteiger partial charge on any atom is 0.328 e. The minimum Gasteiger partial charge on any atom is -0.467 e. The zero-order valence-corrected chi connectivity index (χ0v) is 13.1. The van der Waals surface area contributed by atoms with Gasteiger partial charge >= 0.3 is 5.97 Å². The first-order valence-corrected chi connectivity index (χ1v) is 7.31. The van der Waals surface area contributed by atoms with E-state index in [4.69, 9.17) is 4.74 Å². The molecule has 0 aromatic heterocycles. The maximum atomic E-state index is 12.2. The van der Waals surface area contributed by atoms with E-state index in [1.807, 2.05) is 0 Å². The third-order valence-corrected chi connectivity index (χ3v) is 4.58. The van der Waals surface area contributed by atoms with Crippen LogP contribution in [-0.2, 0) is 24.7 Å². The second kappa shape index (κ2) is 5.06. The number of nitrogens with zero attached hydrogens (tertiary/aromatic N) is 2. The summed E-state index contributed by atoms with van der Waals surface area (Å²) in [5.41, 5.74) is -0.396. The zero-order chi connectivity index (χ0) is 16.9. The Morgan fingerprint density at radius 1 is 1.22 bits per heavy atom. The Kier molecular flexibility index (Phi) is 3.40. The molecule has 3 atom stereocenters. The van der Waals surface area contributed by atoms with Gasteiger partial charge in [0.05, 0.1) is 12.8 Å². The summed E-state index contributed by atoms with van der Waals surface area (Å²) in [4.78, 5) is 39.0. The smallest absolute Gasteiger partial charge is 0.328 e. The van der Waals surface area contributed by atoms with Crippen molar-refractivity contribution < 1.29 is 24.2 Å². The molecule has 1 fully saturated rings. The summed E-state index contributed by atoms with van der Waals surface area (Å²) in [7, 11) is 1.23. The average molecular weight is 318 g/mol. The Hall–Kier alpha value is -2.41. The van der Waals surface area contributed by atoms with Gasteiger partial charge in [-0.05, 0) is 6.07 Å². The van der Waals surface area contributed by atoms with Gasteiger partial charge in [0, 0.05) is 25.8 Å². The molecule has 2 heterocycles. The fourth-order valence-electron chi connectivity index (χ4n) is 3.73. The van der Waals surface area contributed by atoms with Crippen molar-refractivity contribution in [2.75, 3.05) is 12.0 Å².